The van der Waals surface area contributed by atoms with Crippen LogP contribution in [0.15, 0.2) is 70.1 Å². The minimum absolute atomic E-state index is 0.158. The van der Waals surface area contributed by atoms with Gasteiger partial charge in [-0.05, 0) is 37.3 Å². The lowest BCUT2D eigenvalue weighted by atomic mass is 10.0. The fraction of sp³-hybridized carbons (Fsp3) is 0.217. The molecule has 0 bridgehead atoms. The number of hydrogen-bond acceptors (Lipinski definition) is 5. The van der Waals surface area contributed by atoms with Crippen molar-refractivity contribution in [3.8, 4) is 11.4 Å². The van der Waals surface area contributed by atoms with Gasteiger partial charge in [-0.3, -0.25) is 14.3 Å². The topological polar surface area (TPSA) is 69.3 Å². The summed E-state index contributed by atoms with van der Waals surface area (Å²) in [6.07, 6.45) is 4.32. The first-order valence-corrected chi connectivity index (χ1v) is 9.71. The Morgan fingerprint density at radius 2 is 2.17 bits per heavy atom. The van der Waals surface area contributed by atoms with Gasteiger partial charge in [0.1, 0.15) is 23.7 Å². The maximum atomic E-state index is 12.7. The highest BCUT2D eigenvalue weighted by Gasteiger charge is 2.21. The summed E-state index contributed by atoms with van der Waals surface area (Å²) in [5.41, 5.74) is 3.45. The first-order chi connectivity index (χ1) is 14.2. The standard InChI is InChI=1S/C23H21N3O3/c1-15-10-21-20(13-25-15)19-6-5-17(11-22(19)29-21)26-9-7-18(12-23(26)27)28-14-16-4-2-3-8-24-16/h2-9,11-12,15,25H,10,13-14H2,1H3/t15-/m0/s1. The summed E-state index contributed by atoms with van der Waals surface area (Å²) >= 11 is 0. The van der Waals surface area contributed by atoms with E-state index in [4.69, 9.17) is 9.15 Å². The molecular weight excluding hydrogens is 366 g/mol. The van der Waals surface area contributed by atoms with Gasteiger partial charge in [-0.2, -0.15) is 0 Å². The van der Waals surface area contributed by atoms with Crippen molar-refractivity contribution in [3.05, 3.63) is 88.3 Å². The summed E-state index contributed by atoms with van der Waals surface area (Å²) in [6.45, 7) is 3.28. The van der Waals surface area contributed by atoms with Crippen LogP contribution in [0, 0.1) is 0 Å². The summed E-state index contributed by atoms with van der Waals surface area (Å²) in [6, 6.07) is 15.2. The van der Waals surface area contributed by atoms with Gasteiger partial charge in [0, 0.05) is 54.5 Å². The zero-order valence-corrected chi connectivity index (χ0v) is 16.1. The van der Waals surface area contributed by atoms with E-state index < -0.39 is 0 Å². The van der Waals surface area contributed by atoms with Crippen molar-refractivity contribution in [1.29, 1.82) is 0 Å². The van der Waals surface area contributed by atoms with Gasteiger partial charge in [-0.1, -0.05) is 6.07 Å². The number of ether oxygens (including phenoxy) is 1. The van der Waals surface area contributed by atoms with Gasteiger partial charge in [0.05, 0.1) is 11.4 Å². The van der Waals surface area contributed by atoms with Crippen LogP contribution in [-0.4, -0.2) is 15.6 Å². The van der Waals surface area contributed by atoms with Crippen molar-refractivity contribution >= 4 is 11.0 Å². The van der Waals surface area contributed by atoms with Crippen LogP contribution in [0.2, 0.25) is 0 Å². The molecule has 5 rings (SSSR count). The second-order valence-corrected chi connectivity index (χ2v) is 7.35. The zero-order valence-electron chi connectivity index (χ0n) is 16.1. The number of nitrogens with zero attached hydrogens (tertiary/aromatic N) is 2. The lowest BCUT2D eigenvalue weighted by molar-refractivity contribution is 0.300. The molecule has 0 radical (unpaired) electrons. The van der Waals surface area contributed by atoms with Gasteiger partial charge in [-0.15, -0.1) is 0 Å². The normalized spacial score (nSPS) is 16.0. The first kappa shape index (κ1) is 17.7. The first-order valence-electron chi connectivity index (χ1n) is 9.71. The molecule has 29 heavy (non-hydrogen) atoms. The average Bonchev–Trinajstić information content (AvgIpc) is 3.09. The molecule has 0 fully saturated rings. The monoisotopic (exact) mass is 387 g/mol. The summed E-state index contributed by atoms with van der Waals surface area (Å²) in [5.74, 6) is 1.56. The zero-order chi connectivity index (χ0) is 19.8. The molecule has 0 spiro atoms. The van der Waals surface area contributed by atoms with E-state index in [0.29, 0.717) is 18.4 Å². The Kier molecular flexibility index (Phi) is 4.41. The van der Waals surface area contributed by atoms with E-state index in [-0.39, 0.29) is 5.56 Å². The third kappa shape index (κ3) is 3.43. The molecule has 1 aliphatic heterocycles. The third-order valence-corrected chi connectivity index (χ3v) is 5.26. The minimum Gasteiger partial charge on any atom is -0.487 e. The molecule has 0 saturated heterocycles. The van der Waals surface area contributed by atoms with Gasteiger partial charge < -0.3 is 14.5 Å². The van der Waals surface area contributed by atoms with Crippen molar-refractivity contribution in [1.82, 2.24) is 14.9 Å². The van der Waals surface area contributed by atoms with Crippen molar-refractivity contribution in [3.63, 3.8) is 0 Å². The fourth-order valence-corrected chi connectivity index (χ4v) is 3.73. The van der Waals surface area contributed by atoms with Gasteiger partial charge in [0.25, 0.3) is 5.56 Å². The van der Waals surface area contributed by atoms with Crippen LogP contribution < -0.4 is 15.6 Å². The number of aromatic nitrogens is 2. The molecule has 0 unspecified atom stereocenters. The number of benzene rings is 1. The highest BCUT2D eigenvalue weighted by molar-refractivity contribution is 5.84. The van der Waals surface area contributed by atoms with E-state index in [2.05, 4.69) is 17.2 Å². The largest absolute Gasteiger partial charge is 0.487 e. The number of pyridine rings is 2. The van der Waals surface area contributed by atoms with Crippen molar-refractivity contribution in [2.24, 2.45) is 0 Å². The quantitative estimate of drug-likeness (QED) is 0.580. The Morgan fingerprint density at radius 3 is 3.00 bits per heavy atom. The van der Waals surface area contributed by atoms with Crippen LogP contribution in [0.25, 0.3) is 16.7 Å². The second-order valence-electron chi connectivity index (χ2n) is 7.35. The molecular formula is C23H21N3O3. The van der Waals surface area contributed by atoms with Crippen LogP contribution in [0.3, 0.4) is 0 Å². The van der Waals surface area contributed by atoms with Crippen LogP contribution in [-0.2, 0) is 19.6 Å². The highest BCUT2D eigenvalue weighted by Crippen LogP contribution is 2.30. The molecule has 3 aromatic heterocycles. The van der Waals surface area contributed by atoms with E-state index in [9.17, 15) is 4.79 Å². The predicted molar refractivity (Wildman–Crippen MR) is 110 cm³/mol. The van der Waals surface area contributed by atoms with Crippen LogP contribution in [0.4, 0.5) is 0 Å². The van der Waals surface area contributed by atoms with E-state index >= 15 is 0 Å². The molecule has 1 N–H and O–H groups in total. The Balaban J connectivity index is 1.41. The predicted octanol–water partition coefficient (Wildman–Crippen LogP) is 3.59. The van der Waals surface area contributed by atoms with E-state index in [1.807, 2.05) is 36.4 Å². The molecule has 146 valence electrons. The maximum Gasteiger partial charge on any atom is 0.258 e. The summed E-state index contributed by atoms with van der Waals surface area (Å²) < 4.78 is 13.4. The van der Waals surface area contributed by atoms with Crippen molar-refractivity contribution in [2.75, 3.05) is 0 Å². The summed E-state index contributed by atoms with van der Waals surface area (Å²) in [7, 11) is 0. The molecule has 1 atom stereocenters. The summed E-state index contributed by atoms with van der Waals surface area (Å²) in [4.78, 5) is 16.9. The number of fused-ring (bicyclic) bond motifs is 3. The van der Waals surface area contributed by atoms with Crippen molar-refractivity contribution < 1.29 is 9.15 Å². The van der Waals surface area contributed by atoms with E-state index in [1.54, 1.807) is 23.0 Å². The number of nitrogens with one attached hydrogen (secondary N) is 1. The second kappa shape index (κ2) is 7.22. The minimum atomic E-state index is -0.158. The average molecular weight is 387 g/mol. The Labute approximate surface area is 167 Å². The van der Waals surface area contributed by atoms with Crippen LogP contribution in [0.1, 0.15) is 23.9 Å². The lowest BCUT2D eigenvalue weighted by Crippen LogP contribution is -2.32. The van der Waals surface area contributed by atoms with Crippen molar-refractivity contribution in [2.45, 2.75) is 32.5 Å². The van der Waals surface area contributed by atoms with Gasteiger partial charge in [0.2, 0.25) is 0 Å². The Hall–Kier alpha value is -3.38. The lowest BCUT2D eigenvalue weighted by Gasteiger charge is -2.18. The van der Waals surface area contributed by atoms with Crippen LogP contribution in [0.5, 0.6) is 5.75 Å². The van der Waals surface area contributed by atoms with Gasteiger partial charge in [0.15, 0.2) is 0 Å². The SMILES string of the molecule is C[C@H]1Cc2oc3cc(-n4ccc(OCc5ccccn5)cc4=O)ccc3c2CN1. The number of furan rings is 1. The highest BCUT2D eigenvalue weighted by atomic mass is 16.5. The molecule has 1 aromatic carbocycles. The van der Waals surface area contributed by atoms with Gasteiger partial charge in [-0.25, -0.2) is 0 Å². The fourth-order valence-electron chi connectivity index (χ4n) is 3.73. The molecule has 4 aromatic rings. The number of rotatable bonds is 4. The smallest absolute Gasteiger partial charge is 0.258 e. The third-order valence-electron chi connectivity index (χ3n) is 5.26. The van der Waals surface area contributed by atoms with E-state index in [1.165, 1.54) is 11.6 Å². The van der Waals surface area contributed by atoms with E-state index in [0.717, 1.165) is 41.1 Å². The number of hydrogen-bond donors (Lipinski definition) is 1. The molecule has 1 aliphatic rings. The molecule has 0 amide bonds. The molecule has 0 aliphatic carbocycles. The van der Waals surface area contributed by atoms with Crippen LogP contribution >= 0.6 is 0 Å². The Morgan fingerprint density at radius 1 is 1.24 bits per heavy atom. The Bertz CT molecular complexity index is 1230. The molecule has 6 heteroatoms. The molecule has 6 nitrogen and oxygen atoms in total. The summed E-state index contributed by atoms with van der Waals surface area (Å²) in [5, 5.41) is 4.57. The van der Waals surface area contributed by atoms with Gasteiger partial charge >= 0.3 is 0 Å². The molecule has 0 saturated carbocycles. The maximum absolute atomic E-state index is 12.7. The molecule has 4 heterocycles.